The van der Waals surface area contributed by atoms with Gasteiger partial charge in [0.2, 0.25) is 10.0 Å². The summed E-state index contributed by atoms with van der Waals surface area (Å²) in [6.07, 6.45) is -3.20. The highest BCUT2D eigenvalue weighted by Crippen LogP contribution is 2.22. The molecule has 17 heavy (non-hydrogen) atoms. The Labute approximate surface area is 97.2 Å². The van der Waals surface area contributed by atoms with Crippen LogP contribution < -0.4 is 5.14 Å². The van der Waals surface area contributed by atoms with E-state index in [1.54, 1.807) is 0 Å². The average Bonchev–Trinajstić information content (AvgIpc) is 2.25. The molecule has 0 spiro atoms. The van der Waals surface area contributed by atoms with Gasteiger partial charge in [0.05, 0.1) is 11.5 Å². The van der Waals surface area contributed by atoms with Gasteiger partial charge >= 0.3 is 0 Å². The Kier molecular flexibility index (Phi) is 4.17. The topological polar surface area (TPSA) is 121 Å². The minimum atomic E-state index is -4.03. The Hall–Kier alpha value is -1.06. The first-order valence-corrected chi connectivity index (χ1v) is 6.11. The molecule has 2 atom stereocenters. The molecule has 0 aromatic heterocycles. The second kappa shape index (κ2) is 5.07. The van der Waals surface area contributed by atoms with E-state index < -0.39 is 39.6 Å². The SMILES string of the molecule is NS(=O)(=O)c1ccc(C(O)C(O)CO)c(F)c1. The fourth-order valence-electron chi connectivity index (χ4n) is 1.23. The summed E-state index contributed by atoms with van der Waals surface area (Å²) in [6.45, 7) is -0.752. The van der Waals surface area contributed by atoms with Crippen LogP contribution >= 0.6 is 0 Å². The maximum atomic E-state index is 13.5. The summed E-state index contributed by atoms with van der Waals surface area (Å²) in [4.78, 5) is -0.440. The minimum absolute atomic E-state index is 0.320. The maximum absolute atomic E-state index is 13.5. The molecule has 0 saturated heterocycles. The fourth-order valence-corrected chi connectivity index (χ4v) is 1.76. The molecule has 1 aromatic carbocycles. The fraction of sp³-hybridized carbons (Fsp3) is 0.333. The van der Waals surface area contributed by atoms with Gasteiger partial charge in [0.25, 0.3) is 0 Å². The zero-order valence-electron chi connectivity index (χ0n) is 8.62. The van der Waals surface area contributed by atoms with Gasteiger partial charge in [-0.25, -0.2) is 17.9 Å². The van der Waals surface area contributed by atoms with E-state index in [-0.39, 0.29) is 5.56 Å². The van der Waals surface area contributed by atoms with Gasteiger partial charge in [-0.05, 0) is 12.1 Å². The highest BCUT2D eigenvalue weighted by atomic mass is 32.2. The van der Waals surface area contributed by atoms with E-state index in [2.05, 4.69) is 0 Å². The summed E-state index contributed by atoms with van der Waals surface area (Å²) >= 11 is 0. The number of rotatable bonds is 4. The van der Waals surface area contributed by atoms with Gasteiger partial charge in [-0.2, -0.15) is 0 Å². The third-order valence-electron chi connectivity index (χ3n) is 2.17. The molecule has 6 nitrogen and oxygen atoms in total. The molecule has 0 aliphatic heterocycles. The van der Waals surface area contributed by atoms with Crippen LogP contribution in [-0.4, -0.2) is 36.4 Å². The van der Waals surface area contributed by atoms with Crippen LogP contribution in [0, 0.1) is 5.82 Å². The van der Waals surface area contributed by atoms with Crippen molar-refractivity contribution in [2.24, 2.45) is 5.14 Å². The minimum Gasteiger partial charge on any atom is -0.394 e. The second-order valence-corrected chi connectivity index (χ2v) is 4.98. The molecule has 0 heterocycles. The van der Waals surface area contributed by atoms with E-state index in [0.29, 0.717) is 6.07 Å². The van der Waals surface area contributed by atoms with E-state index in [0.717, 1.165) is 12.1 Å². The van der Waals surface area contributed by atoms with Crippen molar-refractivity contribution < 1.29 is 28.1 Å². The molecule has 96 valence electrons. The predicted molar refractivity (Wildman–Crippen MR) is 55.8 cm³/mol. The molecular formula is C9H12FNO5S. The number of halogens is 1. The van der Waals surface area contributed by atoms with Gasteiger partial charge < -0.3 is 15.3 Å². The van der Waals surface area contributed by atoms with Crippen molar-refractivity contribution >= 4 is 10.0 Å². The van der Waals surface area contributed by atoms with Crippen LogP contribution in [0.15, 0.2) is 23.1 Å². The lowest BCUT2D eigenvalue weighted by Gasteiger charge is -2.16. The first kappa shape index (κ1) is 14.0. The Morgan fingerprint density at radius 1 is 1.35 bits per heavy atom. The summed E-state index contributed by atoms with van der Waals surface area (Å²) < 4.78 is 35.3. The smallest absolute Gasteiger partial charge is 0.238 e. The largest absolute Gasteiger partial charge is 0.394 e. The molecule has 1 aromatic rings. The van der Waals surface area contributed by atoms with Crippen LogP contribution in [0.3, 0.4) is 0 Å². The lowest BCUT2D eigenvalue weighted by Crippen LogP contribution is -2.23. The third-order valence-corrected chi connectivity index (χ3v) is 3.08. The van der Waals surface area contributed by atoms with Crippen LogP contribution in [0.5, 0.6) is 0 Å². The standard InChI is InChI=1S/C9H12FNO5S/c10-7-3-5(17(11,15)16)1-2-6(7)9(14)8(13)4-12/h1-3,8-9,12-14H,4H2,(H2,11,15,16). The predicted octanol–water partition coefficient (Wildman–Crippen LogP) is -1.14. The molecule has 0 radical (unpaired) electrons. The van der Waals surface area contributed by atoms with Gasteiger partial charge in [-0.1, -0.05) is 6.07 Å². The van der Waals surface area contributed by atoms with Gasteiger partial charge in [-0.3, -0.25) is 0 Å². The zero-order chi connectivity index (χ0) is 13.2. The van der Waals surface area contributed by atoms with Crippen molar-refractivity contribution in [3.05, 3.63) is 29.6 Å². The van der Waals surface area contributed by atoms with E-state index >= 15 is 0 Å². The summed E-state index contributed by atoms with van der Waals surface area (Å²) in [5.41, 5.74) is -0.320. The Balaban J connectivity index is 3.15. The molecule has 8 heteroatoms. The molecule has 0 aliphatic carbocycles. The van der Waals surface area contributed by atoms with Crippen molar-refractivity contribution in [2.75, 3.05) is 6.61 Å². The first-order valence-electron chi connectivity index (χ1n) is 4.56. The van der Waals surface area contributed by atoms with Crippen LogP contribution in [0.2, 0.25) is 0 Å². The summed E-state index contributed by atoms with van der Waals surface area (Å²) in [5.74, 6) is -1.03. The molecule has 0 amide bonds. The van der Waals surface area contributed by atoms with Gasteiger partial charge in [0, 0.05) is 5.56 Å². The highest BCUT2D eigenvalue weighted by molar-refractivity contribution is 7.89. The number of aliphatic hydroxyl groups is 3. The molecule has 5 N–H and O–H groups in total. The molecule has 0 bridgehead atoms. The monoisotopic (exact) mass is 265 g/mol. The molecule has 0 fully saturated rings. The van der Waals surface area contributed by atoms with Crippen LogP contribution in [0.4, 0.5) is 4.39 Å². The van der Waals surface area contributed by atoms with Gasteiger partial charge in [0.1, 0.15) is 18.0 Å². The third kappa shape index (κ3) is 3.20. The quantitative estimate of drug-likeness (QED) is 0.548. The van der Waals surface area contributed by atoms with Crippen molar-refractivity contribution in [2.45, 2.75) is 17.1 Å². The van der Waals surface area contributed by atoms with Crippen molar-refractivity contribution in [3.63, 3.8) is 0 Å². The number of aliphatic hydroxyl groups excluding tert-OH is 3. The molecule has 0 aliphatic rings. The first-order chi connectivity index (χ1) is 7.77. The summed E-state index contributed by atoms with van der Waals surface area (Å²) in [7, 11) is -4.03. The van der Waals surface area contributed by atoms with E-state index in [1.165, 1.54) is 0 Å². The number of hydrogen-bond acceptors (Lipinski definition) is 5. The van der Waals surface area contributed by atoms with E-state index in [1.807, 2.05) is 0 Å². The lowest BCUT2D eigenvalue weighted by molar-refractivity contribution is -0.0168. The van der Waals surface area contributed by atoms with Crippen molar-refractivity contribution in [1.29, 1.82) is 0 Å². The van der Waals surface area contributed by atoms with E-state index in [9.17, 15) is 17.9 Å². The van der Waals surface area contributed by atoms with Gasteiger partial charge in [0.15, 0.2) is 0 Å². The summed E-state index contributed by atoms with van der Waals surface area (Å²) in [6, 6.07) is 2.62. The number of primary sulfonamides is 1. The second-order valence-electron chi connectivity index (χ2n) is 3.42. The molecule has 1 rings (SSSR count). The number of benzene rings is 1. The Morgan fingerprint density at radius 3 is 2.35 bits per heavy atom. The van der Waals surface area contributed by atoms with Crippen molar-refractivity contribution in [1.82, 2.24) is 0 Å². The number of hydrogen-bond donors (Lipinski definition) is 4. The van der Waals surface area contributed by atoms with E-state index in [4.69, 9.17) is 15.4 Å². The zero-order valence-corrected chi connectivity index (χ0v) is 9.43. The Morgan fingerprint density at radius 2 is 1.94 bits per heavy atom. The Bertz CT molecular complexity index is 504. The normalized spacial score (nSPS) is 15.6. The maximum Gasteiger partial charge on any atom is 0.238 e. The molecular weight excluding hydrogens is 253 g/mol. The number of sulfonamides is 1. The molecule has 0 saturated carbocycles. The number of nitrogens with two attached hydrogens (primary N) is 1. The van der Waals surface area contributed by atoms with Crippen molar-refractivity contribution in [3.8, 4) is 0 Å². The van der Waals surface area contributed by atoms with Crippen LogP contribution in [-0.2, 0) is 10.0 Å². The molecule has 2 unspecified atom stereocenters. The lowest BCUT2D eigenvalue weighted by atomic mass is 10.0. The average molecular weight is 265 g/mol. The van der Waals surface area contributed by atoms with Gasteiger partial charge in [-0.15, -0.1) is 0 Å². The summed E-state index contributed by atoms with van der Waals surface area (Å²) in [5, 5.41) is 31.9. The van der Waals surface area contributed by atoms with Crippen LogP contribution in [0.25, 0.3) is 0 Å². The highest BCUT2D eigenvalue weighted by Gasteiger charge is 2.22. The van der Waals surface area contributed by atoms with Crippen LogP contribution in [0.1, 0.15) is 11.7 Å².